The topological polar surface area (TPSA) is 57.5 Å². The van der Waals surface area contributed by atoms with E-state index in [9.17, 15) is 4.79 Å². The van der Waals surface area contributed by atoms with Gasteiger partial charge in [0.2, 0.25) is 5.91 Å². The Labute approximate surface area is 190 Å². The number of anilines is 1. The summed E-state index contributed by atoms with van der Waals surface area (Å²) >= 11 is 0. The lowest BCUT2D eigenvalue weighted by atomic mass is 10.1. The highest BCUT2D eigenvalue weighted by Gasteiger charge is 2.22. The predicted molar refractivity (Wildman–Crippen MR) is 127 cm³/mol. The molecule has 168 valence electrons. The van der Waals surface area contributed by atoms with Gasteiger partial charge in [-0.3, -0.25) is 4.79 Å². The van der Waals surface area contributed by atoms with Crippen LogP contribution in [0.5, 0.6) is 0 Å². The second-order valence-corrected chi connectivity index (χ2v) is 8.44. The first-order valence-electron chi connectivity index (χ1n) is 11.3. The quantitative estimate of drug-likeness (QED) is 0.574. The van der Waals surface area contributed by atoms with Gasteiger partial charge in [-0.2, -0.15) is 5.10 Å². The summed E-state index contributed by atoms with van der Waals surface area (Å²) < 4.78 is 2.00. The number of nitrogens with zero attached hydrogens (tertiary/aromatic N) is 6. The molecule has 1 aromatic carbocycles. The fourth-order valence-electron chi connectivity index (χ4n) is 4.24. The maximum atomic E-state index is 12.8. The van der Waals surface area contributed by atoms with Crippen molar-refractivity contribution in [3.8, 4) is 5.69 Å². The van der Waals surface area contributed by atoms with Crippen LogP contribution in [0, 0.1) is 13.8 Å². The predicted octanol–water partition coefficient (Wildman–Crippen LogP) is 3.05. The molecule has 7 nitrogen and oxygen atoms in total. The molecule has 3 aromatic rings. The van der Waals surface area contributed by atoms with Crippen LogP contribution >= 0.6 is 0 Å². The van der Waals surface area contributed by atoms with E-state index in [1.807, 2.05) is 52.2 Å². The van der Waals surface area contributed by atoms with E-state index in [0.717, 1.165) is 62.2 Å². The number of hydrogen-bond acceptors (Lipinski definition) is 5. The van der Waals surface area contributed by atoms with E-state index < -0.39 is 0 Å². The molecule has 2 aromatic heterocycles. The fourth-order valence-corrected chi connectivity index (χ4v) is 4.24. The molecule has 0 saturated carbocycles. The summed E-state index contributed by atoms with van der Waals surface area (Å²) in [5.41, 5.74) is 4.49. The molecule has 4 rings (SSSR count). The maximum absolute atomic E-state index is 12.8. The monoisotopic (exact) mass is 432 g/mol. The number of piperazine rings is 1. The minimum atomic E-state index is 0.228. The number of pyridine rings is 1. The number of benzene rings is 1. The molecule has 0 aliphatic carbocycles. The molecule has 0 bridgehead atoms. The van der Waals surface area contributed by atoms with Crippen molar-refractivity contribution in [1.29, 1.82) is 0 Å². The minimum Gasteiger partial charge on any atom is -0.353 e. The highest BCUT2D eigenvalue weighted by molar-refractivity contribution is 5.76. The van der Waals surface area contributed by atoms with E-state index in [1.54, 1.807) is 0 Å². The summed E-state index contributed by atoms with van der Waals surface area (Å²) in [6, 6.07) is 16.2. The summed E-state index contributed by atoms with van der Waals surface area (Å²) in [5, 5.41) is 4.74. The Balaban J connectivity index is 1.28. The van der Waals surface area contributed by atoms with Gasteiger partial charge < -0.3 is 14.7 Å². The highest BCUT2D eigenvalue weighted by atomic mass is 16.2. The van der Waals surface area contributed by atoms with Gasteiger partial charge in [0, 0.05) is 63.1 Å². The van der Waals surface area contributed by atoms with Gasteiger partial charge in [-0.1, -0.05) is 24.3 Å². The van der Waals surface area contributed by atoms with Crippen LogP contribution in [0.4, 0.5) is 5.82 Å². The third-order valence-electron chi connectivity index (χ3n) is 6.18. The molecule has 1 amide bonds. The molecule has 3 heterocycles. The molecule has 1 saturated heterocycles. The molecule has 0 unspecified atom stereocenters. The average molecular weight is 433 g/mol. The van der Waals surface area contributed by atoms with Gasteiger partial charge in [0.15, 0.2) is 0 Å². The largest absolute Gasteiger partial charge is 0.353 e. The van der Waals surface area contributed by atoms with Crippen molar-refractivity contribution in [1.82, 2.24) is 24.6 Å². The zero-order valence-corrected chi connectivity index (χ0v) is 19.2. The van der Waals surface area contributed by atoms with Crippen LogP contribution in [-0.4, -0.2) is 70.2 Å². The first-order chi connectivity index (χ1) is 15.5. The molecule has 0 N–H and O–H groups in total. The van der Waals surface area contributed by atoms with Crippen molar-refractivity contribution >= 4 is 11.7 Å². The zero-order valence-electron chi connectivity index (χ0n) is 19.2. The Kier molecular flexibility index (Phi) is 6.85. The van der Waals surface area contributed by atoms with Gasteiger partial charge in [0.05, 0.1) is 11.4 Å². The molecule has 1 fully saturated rings. The van der Waals surface area contributed by atoms with Crippen molar-refractivity contribution < 1.29 is 4.79 Å². The molecular formula is C25H32N6O. The Morgan fingerprint density at radius 3 is 2.41 bits per heavy atom. The van der Waals surface area contributed by atoms with E-state index in [-0.39, 0.29) is 5.91 Å². The van der Waals surface area contributed by atoms with Crippen LogP contribution < -0.4 is 4.90 Å². The van der Waals surface area contributed by atoms with E-state index in [2.05, 4.69) is 47.8 Å². The molecule has 1 aliphatic heterocycles. The van der Waals surface area contributed by atoms with Gasteiger partial charge >= 0.3 is 0 Å². The normalized spacial score (nSPS) is 14.2. The van der Waals surface area contributed by atoms with Crippen molar-refractivity contribution in [2.45, 2.75) is 26.8 Å². The number of amides is 1. The van der Waals surface area contributed by atoms with Gasteiger partial charge in [0.1, 0.15) is 5.82 Å². The second-order valence-electron chi connectivity index (χ2n) is 8.44. The molecule has 0 radical (unpaired) electrons. The number of rotatable bonds is 7. The van der Waals surface area contributed by atoms with Gasteiger partial charge in [0.25, 0.3) is 0 Å². The van der Waals surface area contributed by atoms with E-state index in [1.165, 1.54) is 5.56 Å². The molecular weight excluding hydrogens is 400 g/mol. The molecule has 32 heavy (non-hydrogen) atoms. The number of para-hydroxylation sites is 1. The average Bonchev–Trinajstić information content (AvgIpc) is 3.12. The number of aryl methyl sites for hydroxylation is 1. The smallest absolute Gasteiger partial charge is 0.223 e. The third-order valence-corrected chi connectivity index (χ3v) is 6.18. The number of aromatic nitrogens is 3. The molecule has 0 atom stereocenters. The van der Waals surface area contributed by atoms with Gasteiger partial charge in [-0.15, -0.1) is 0 Å². The Morgan fingerprint density at radius 2 is 1.72 bits per heavy atom. The maximum Gasteiger partial charge on any atom is 0.223 e. The van der Waals surface area contributed by atoms with Crippen LogP contribution in [0.15, 0.2) is 54.7 Å². The van der Waals surface area contributed by atoms with Crippen LogP contribution in [0.2, 0.25) is 0 Å². The van der Waals surface area contributed by atoms with Gasteiger partial charge in [-0.25, -0.2) is 9.67 Å². The highest BCUT2D eigenvalue weighted by Crippen LogP contribution is 2.19. The lowest BCUT2D eigenvalue weighted by Crippen LogP contribution is -2.49. The number of carbonyl (C=O) groups is 1. The van der Waals surface area contributed by atoms with E-state index >= 15 is 0 Å². The summed E-state index contributed by atoms with van der Waals surface area (Å²) in [7, 11) is 2.07. The van der Waals surface area contributed by atoms with Crippen LogP contribution in [-0.2, 0) is 11.3 Å². The Bertz CT molecular complexity index is 1030. The standard InChI is InChI=1S/C25H32N6O/c1-20-23(21(2)31(27-20)22-9-5-4-6-10-22)19-28(3)14-12-25(32)30-17-15-29(16-18-30)24-11-7-8-13-26-24/h4-11,13H,12,14-19H2,1-3H3. The molecule has 7 heteroatoms. The second kappa shape index (κ2) is 9.96. The first kappa shape index (κ1) is 22.0. The number of carbonyl (C=O) groups excluding carboxylic acids is 1. The van der Waals surface area contributed by atoms with E-state index in [0.29, 0.717) is 6.42 Å². The van der Waals surface area contributed by atoms with Crippen LogP contribution in [0.25, 0.3) is 5.69 Å². The lowest BCUT2D eigenvalue weighted by Gasteiger charge is -2.35. The van der Waals surface area contributed by atoms with E-state index in [4.69, 9.17) is 5.10 Å². The minimum absolute atomic E-state index is 0.228. The van der Waals surface area contributed by atoms with Crippen molar-refractivity contribution in [3.05, 3.63) is 71.7 Å². The number of hydrogen-bond donors (Lipinski definition) is 0. The Hall–Kier alpha value is -3.19. The summed E-state index contributed by atoms with van der Waals surface area (Å²) in [6.45, 7) is 8.85. The summed E-state index contributed by atoms with van der Waals surface area (Å²) in [5.74, 6) is 1.21. The molecule has 1 aliphatic rings. The molecule has 0 spiro atoms. The zero-order chi connectivity index (χ0) is 22.5. The third kappa shape index (κ3) is 4.99. The summed E-state index contributed by atoms with van der Waals surface area (Å²) in [4.78, 5) is 23.6. The summed E-state index contributed by atoms with van der Waals surface area (Å²) in [6.07, 6.45) is 2.35. The lowest BCUT2D eigenvalue weighted by molar-refractivity contribution is -0.131. The van der Waals surface area contributed by atoms with Crippen molar-refractivity contribution in [3.63, 3.8) is 0 Å². The fraction of sp³-hybridized carbons (Fsp3) is 0.400. The van der Waals surface area contributed by atoms with Gasteiger partial charge in [-0.05, 0) is 45.2 Å². The van der Waals surface area contributed by atoms with Crippen molar-refractivity contribution in [2.75, 3.05) is 44.7 Å². The SMILES string of the molecule is Cc1nn(-c2ccccc2)c(C)c1CN(C)CCC(=O)N1CCN(c2ccccn2)CC1. The first-order valence-corrected chi connectivity index (χ1v) is 11.3. The Morgan fingerprint density at radius 1 is 1.00 bits per heavy atom. The van der Waals surface area contributed by atoms with Crippen LogP contribution in [0.3, 0.4) is 0 Å². The van der Waals surface area contributed by atoms with Crippen molar-refractivity contribution in [2.24, 2.45) is 0 Å². The van der Waals surface area contributed by atoms with Crippen LogP contribution in [0.1, 0.15) is 23.4 Å².